The van der Waals surface area contributed by atoms with Crippen molar-refractivity contribution < 1.29 is 9.53 Å². The molecule has 0 unspecified atom stereocenters. The average Bonchev–Trinajstić information content (AvgIpc) is 3.50. The largest absolute Gasteiger partial charge is 0.497 e. The van der Waals surface area contributed by atoms with Crippen LogP contribution < -0.4 is 10.1 Å². The molecule has 1 aromatic heterocycles. The first-order valence-electron chi connectivity index (χ1n) is 11.5. The molecular formula is C26H29N5O2S. The van der Waals surface area contributed by atoms with Gasteiger partial charge in [-0.15, -0.1) is 10.2 Å². The van der Waals surface area contributed by atoms with E-state index in [2.05, 4.69) is 47.6 Å². The summed E-state index contributed by atoms with van der Waals surface area (Å²) in [5.74, 6) is 1.76. The number of methoxy groups -OCH3 is 1. The zero-order valence-corrected chi connectivity index (χ0v) is 20.6. The Labute approximate surface area is 204 Å². The van der Waals surface area contributed by atoms with Crippen molar-refractivity contribution in [1.29, 1.82) is 5.26 Å². The highest BCUT2D eigenvalue weighted by Crippen LogP contribution is 2.33. The van der Waals surface area contributed by atoms with Crippen LogP contribution in [0, 0.1) is 11.3 Å². The van der Waals surface area contributed by atoms with Crippen molar-refractivity contribution in [2.75, 3.05) is 12.9 Å². The molecule has 34 heavy (non-hydrogen) atoms. The summed E-state index contributed by atoms with van der Waals surface area (Å²) >= 11 is 1.33. The molecule has 1 aliphatic rings. The lowest BCUT2D eigenvalue weighted by Crippen LogP contribution is -2.45. The Hall–Kier alpha value is -3.31. The Balaban J connectivity index is 1.67. The van der Waals surface area contributed by atoms with E-state index in [-0.39, 0.29) is 11.7 Å². The Kier molecular flexibility index (Phi) is 7.23. The van der Waals surface area contributed by atoms with Gasteiger partial charge in [0.05, 0.1) is 24.6 Å². The summed E-state index contributed by atoms with van der Waals surface area (Å²) in [4.78, 5) is 12.8. The summed E-state index contributed by atoms with van der Waals surface area (Å²) in [6.45, 7) is 4.30. The van der Waals surface area contributed by atoms with Gasteiger partial charge in [-0.05, 0) is 67.5 Å². The smallest absolute Gasteiger partial charge is 0.231 e. The monoisotopic (exact) mass is 475 g/mol. The van der Waals surface area contributed by atoms with Gasteiger partial charge in [-0.2, -0.15) is 5.26 Å². The molecule has 4 rings (SSSR count). The van der Waals surface area contributed by atoms with E-state index in [0.29, 0.717) is 29.7 Å². The highest BCUT2D eigenvalue weighted by atomic mass is 32.2. The van der Waals surface area contributed by atoms with Crippen molar-refractivity contribution in [1.82, 2.24) is 20.1 Å². The number of nitrogens with one attached hydrogen (secondary N) is 1. The van der Waals surface area contributed by atoms with E-state index < -0.39 is 5.54 Å². The van der Waals surface area contributed by atoms with Crippen molar-refractivity contribution in [2.24, 2.45) is 0 Å². The molecular weight excluding hydrogens is 446 g/mol. The predicted molar refractivity (Wildman–Crippen MR) is 133 cm³/mol. The van der Waals surface area contributed by atoms with E-state index in [9.17, 15) is 10.1 Å². The maximum Gasteiger partial charge on any atom is 0.231 e. The summed E-state index contributed by atoms with van der Waals surface area (Å²) in [6, 6.07) is 18.2. The van der Waals surface area contributed by atoms with E-state index >= 15 is 0 Å². The number of thioether (sulfide) groups is 1. The van der Waals surface area contributed by atoms with E-state index in [1.54, 1.807) is 7.11 Å². The molecule has 0 aliphatic heterocycles. The van der Waals surface area contributed by atoms with Gasteiger partial charge in [0.25, 0.3) is 0 Å². The molecule has 1 saturated carbocycles. The number of carbonyl (C=O) groups excluding carboxylic acids is 1. The van der Waals surface area contributed by atoms with Crippen LogP contribution in [0.3, 0.4) is 0 Å². The zero-order valence-electron chi connectivity index (χ0n) is 19.7. The standard InChI is InChI=1S/C26H29N5O2S/c1-18(2)21-8-4-5-9-22(21)31-24(19-10-12-20(33-3)13-11-19)29-30-25(31)34-16-23(32)28-26(17-27)14-6-7-15-26/h4-5,8-13,18H,6-7,14-16H2,1-3H3,(H,28,32). The van der Waals surface area contributed by atoms with Gasteiger partial charge in [0.2, 0.25) is 5.91 Å². The fraction of sp³-hybridized carbons (Fsp3) is 0.385. The number of aromatic nitrogens is 3. The average molecular weight is 476 g/mol. The number of ether oxygens (including phenoxy) is 1. The van der Waals surface area contributed by atoms with E-state index in [0.717, 1.165) is 35.4 Å². The van der Waals surface area contributed by atoms with Crippen LogP contribution in [0.1, 0.15) is 51.0 Å². The van der Waals surface area contributed by atoms with Crippen LogP contribution in [0.5, 0.6) is 5.75 Å². The molecule has 1 heterocycles. The second-order valence-corrected chi connectivity index (χ2v) is 9.76. The van der Waals surface area contributed by atoms with Crippen molar-refractivity contribution in [3.63, 3.8) is 0 Å². The Morgan fingerprint density at radius 2 is 1.88 bits per heavy atom. The maximum atomic E-state index is 12.8. The topological polar surface area (TPSA) is 92.8 Å². The van der Waals surface area contributed by atoms with Crippen molar-refractivity contribution in [3.8, 4) is 28.9 Å². The quantitative estimate of drug-likeness (QED) is 0.455. The lowest BCUT2D eigenvalue weighted by molar-refractivity contribution is -0.119. The second kappa shape index (κ2) is 10.3. The molecule has 1 aliphatic carbocycles. The van der Waals surface area contributed by atoms with Crippen LogP contribution in [0.4, 0.5) is 0 Å². The number of nitrogens with zero attached hydrogens (tertiary/aromatic N) is 4. The summed E-state index contributed by atoms with van der Waals surface area (Å²) in [6.07, 6.45) is 3.35. The highest BCUT2D eigenvalue weighted by Gasteiger charge is 2.35. The molecule has 7 nitrogen and oxygen atoms in total. The Morgan fingerprint density at radius 3 is 2.53 bits per heavy atom. The zero-order chi connectivity index (χ0) is 24.1. The first kappa shape index (κ1) is 23.8. The summed E-state index contributed by atoms with van der Waals surface area (Å²) in [5.41, 5.74) is 2.32. The lowest BCUT2D eigenvalue weighted by atomic mass is 10.0. The van der Waals surface area contributed by atoms with E-state index in [1.165, 1.54) is 11.8 Å². The minimum Gasteiger partial charge on any atom is -0.497 e. The van der Waals surface area contributed by atoms with Crippen molar-refractivity contribution in [3.05, 3.63) is 54.1 Å². The Bertz CT molecular complexity index is 1190. The van der Waals surface area contributed by atoms with Crippen molar-refractivity contribution in [2.45, 2.75) is 56.1 Å². The van der Waals surface area contributed by atoms with Gasteiger partial charge in [-0.25, -0.2) is 0 Å². The number of benzene rings is 2. The fourth-order valence-electron chi connectivity index (χ4n) is 4.36. The number of para-hydroxylation sites is 1. The molecule has 0 saturated heterocycles. The minimum atomic E-state index is -0.732. The van der Waals surface area contributed by atoms with Gasteiger partial charge in [0.1, 0.15) is 11.3 Å². The number of hydrogen-bond acceptors (Lipinski definition) is 6. The molecule has 0 radical (unpaired) electrons. The second-order valence-electron chi connectivity index (χ2n) is 8.82. The van der Waals surface area contributed by atoms with Gasteiger partial charge in [0.15, 0.2) is 11.0 Å². The lowest BCUT2D eigenvalue weighted by Gasteiger charge is -2.22. The normalized spacial score (nSPS) is 14.7. The maximum absolute atomic E-state index is 12.8. The summed E-state index contributed by atoms with van der Waals surface area (Å²) < 4.78 is 7.32. The number of carbonyl (C=O) groups is 1. The molecule has 1 N–H and O–H groups in total. The molecule has 176 valence electrons. The molecule has 8 heteroatoms. The van der Waals surface area contributed by atoms with E-state index in [1.807, 2.05) is 41.0 Å². The van der Waals surface area contributed by atoms with Gasteiger partial charge in [0, 0.05) is 5.56 Å². The molecule has 0 bridgehead atoms. The van der Waals surface area contributed by atoms with Crippen LogP contribution in [0.2, 0.25) is 0 Å². The first-order valence-corrected chi connectivity index (χ1v) is 12.5. The van der Waals surface area contributed by atoms with Crippen LogP contribution in [-0.2, 0) is 4.79 Å². The fourth-order valence-corrected chi connectivity index (χ4v) is 5.11. The Morgan fingerprint density at radius 1 is 1.18 bits per heavy atom. The third-order valence-electron chi connectivity index (χ3n) is 6.16. The molecule has 1 fully saturated rings. The van der Waals surface area contributed by atoms with Gasteiger partial charge >= 0.3 is 0 Å². The van der Waals surface area contributed by atoms with Crippen molar-refractivity contribution >= 4 is 17.7 Å². The van der Waals surface area contributed by atoms with Crippen LogP contribution >= 0.6 is 11.8 Å². The van der Waals surface area contributed by atoms with Crippen LogP contribution in [0.25, 0.3) is 17.1 Å². The number of amides is 1. The highest BCUT2D eigenvalue weighted by molar-refractivity contribution is 7.99. The third kappa shape index (κ3) is 4.95. The summed E-state index contributed by atoms with van der Waals surface area (Å²) in [5, 5.41) is 22.1. The molecule has 2 aromatic carbocycles. The van der Waals surface area contributed by atoms with E-state index in [4.69, 9.17) is 4.74 Å². The third-order valence-corrected chi connectivity index (χ3v) is 7.09. The van der Waals surface area contributed by atoms with Gasteiger partial charge in [-0.3, -0.25) is 9.36 Å². The molecule has 0 atom stereocenters. The number of hydrogen-bond donors (Lipinski definition) is 1. The minimum absolute atomic E-state index is 0.161. The number of nitriles is 1. The van der Waals surface area contributed by atoms with Crippen LogP contribution in [-0.4, -0.2) is 39.1 Å². The SMILES string of the molecule is COc1ccc(-c2nnc(SCC(=O)NC3(C#N)CCCC3)n2-c2ccccc2C(C)C)cc1. The molecule has 0 spiro atoms. The summed E-state index contributed by atoms with van der Waals surface area (Å²) in [7, 11) is 1.64. The van der Waals surface area contributed by atoms with Crippen LogP contribution in [0.15, 0.2) is 53.7 Å². The predicted octanol–water partition coefficient (Wildman–Crippen LogP) is 5.11. The molecule has 3 aromatic rings. The first-order chi connectivity index (χ1) is 16.5. The van der Waals surface area contributed by atoms with Gasteiger partial charge in [-0.1, -0.05) is 43.8 Å². The van der Waals surface area contributed by atoms with Gasteiger partial charge < -0.3 is 10.1 Å². The number of rotatable bonds is 8. The molecule has 1 amide bonds.